The quantitative estimate of drug-likeness (QED) is 0.205. The van der Waals surface area contributed by atoms with E-state index in [9.17, 15) is 19.3 Å². The van der Waals surface area contributed by atoms with Gasteiger partial charge in [-0.1, -0.05) is 42.0 Å². The summed E-state index contributed by atoms with van der Waals surface area (Å²) in [6.07, 6.45) is 1.70. The number of carbonyl (C=O) groups excluding carboxylic acids is 1. The third-order valence-electron chi connectivity index (χ3n) is 7.47. The lowest BCUT2D eigenvalue weighted by Gasteiger charge is -2.35. The molecular formula is C31H29FN8O3. The molecule has 1 aliphatic heterocycles. The Balaban J connectivity index is 1.26. The Morgan fingerprint density at radius 3 is 2.28 bits per heavy atom. The Morgan fingerprint density at radius 1 is 0.930 bits per heavy atom. The van der Waals surface area contributed by atoms with Crippen molar-refractivity contribution >= 4 is 34.5 Å². The summed E-state index contributed by atoms with van der Waals surface area (Å²) in [5.41, 5.74) is 4.86. The van der Waals surface area contributed by atoms with Gasteiger partial charge in [-0.05, 0) is 42.3 Å². The van der Waals surface area contributed by atoms with Crippen LogP contribution >= 0.6 is 0 Å². The third-order valence-corrected chi connectivity index (χ3v) is 7.47. The zero-order valence-electron chi connectivity index (χ0n) is 23.5. The molecule has 0 bridgehead atoms. The highest BCUT2D eigenvalue weighted by molar-refractivity contribution is 5.94. The Bertz CT molecular complexity index is 1760. The molecule has 5 aromatic rings. The van der Waals surface area contributed by atoms with Crippen molar-refractivity contribution in [3.8, 4) is 0 Å². The Morgan fingerprint density at radius 2 is 1.60 bits per heavy atom. The number of piperazine rings is 1. The highest BCUT2D eigenvalue weighted by atomic mass is 19.1. The number of aryl methyl sites for hydroxylation is 1. The van der Waals surface area contributed by atoms with Gasteiger partial charge in [-0.2, -0.15) is 9.97 Å². The number of fused-ring (bicyclic) bond motifs is 1. The second kappa shape index (κ2) is 11.8. The number of nitro benzene ring substituents is 1. The van der Waals surface area contributed by atoms with Gasteiger partial charge < -0.3 is 19.7 Å². The summed E-state index contributed by atoms with van der Waals surface area (Å²) in [4.78, 5) is 41.8. The first kappa shape index (κ1) is 27.8. The fourth-order valence-corrected chi connectivity index (χ4v) is 5.01. The van der Waals surface area contributed by atoms with Crippen molar-refractivity contribution in [2.45, 2.75) is 20.0 Å². The molecule has 2 aromatic heterocycles. The molecule has 1 N–H and O–H groups in total. The average Bonchev–Trinajstić information content (AvgIpc) is 3.43. The highest BCUT2D eigenvalue weighted by Gasteiger charge is 2.25. The Hall–Kier alpha value is -5.39. The van der Waals surface area contributed by atoms with Gasteiger partial charge in [0, 0.05) is 50.4 Å². The lowest BCUT2D eigenvalue weighted by atomic mass is 10.1. The molecule has 3 heterocycles. The smallest absolute Gasteiger partial charge is 0.269 e. The van der Waals surface area contributed by atoms with E-state index in [1.165, 1.54) is 42.0 Å². The summed E-state index contributed by atoms with van der Waals surface area (Å²) in [6, 6.07) is 20.2. The van der Waals surface area contributed by atoms with Crippen LogP contribution in [0, 0.1) is 22.9 Å². The van der Waals surface area contributed by atoms with Gasteiger partial charge in [-0.15, -0.1) is 0 Å². The van der Waals surface area contributed by atoms with E-state index in [0.717, 1.165) is 11.1 Å². The molecule has 43 heavy (non-hydrogen) atoms. The number of amides is 1. The van der Waals surface area contributed by atoms with Crippen LogP contribution in [0.3, 0.4) is 0 Å². The number of aromatic nitrogens is 4. The van der Waals surface area contributed by atoms with Gasteiger partial charge in [0.1, 0.15) is 5.82 Å². The molecule has 1 fully saturated rings. The molecule has 0 unspecified atom stereocenters. The molecule has 218 valence electrons. The summed E-state index contributed by atoms with van der Waals surface area (Å²) in [6.45, 7) is 4.97. The second-order valence-corrected chi connectivity index (χ2v) is 10.5. The van der Waals surface area contributed by atoms with Crippen LogP contribution in [0.15, 0.2) is 79.1 Å². The van der Waals surface area contributed by atoms with Gasteiger partial charge in [0.25, 0.3) is 11.6 Å². The number of imidazole rings is 1. The van der Waals surface area contributed by atoms with Crippen LogP contribution < -0.4 is 10.2 Å². The summed E-state index contributed by atoms with van der Waals surface area (Å²) in [5, 5.41) is 14.5. The molecule has 1 amide bonds. The normalized spacial score (nSPS) is 13.3. The van der Waals surface area contributed by atoms with E-state index < -0.39 is 4.92 Å². The van der Waals surface area contributed by atoms with Gasteiger partial charge >= 0.3 is 0 Å². The fourth-order valence-electron chi connectivity index (χ4n) is 5.01. The van der Waals surface area contributed by atoms with Gasteiger partial charge in [-0.25, -0.2) is 9.37 Å². The number of nitro groups is 1. The number of hydrogen-bond donors (Lipinski definition) is 1. The number of rotatable bonds is 8. The van der Waals surface area contributed by atoms with Crippen LogP contribution in [-0.2, 0) is 13.1 Å². The Kier molecular flexibility index (Phi) is 7.65. The van der Waals surface area contributed by atoms with E-state index in [2.05, 4.69) is 34.6 Å². The van der Waals surface area contributed by atoms with Crippen LogP contribution in [0.5, 0.6) is 0 Å². The number of hydrogen-bond acceptors (Lipinski definition) is 8. The lowest BCUT2D eigenvalue weighted by Crippen LogP contribution is -2.49. The topological polar surface area (TPSA) is 122 Å². The minimum atomic E-state index is -0.422. The maximum atomic E-state index is 13.3. The number of nitrogens with one attached hydrogen (secondary N) is 1. The van der Waals surface area contributed by atoms with Crippen LogP contribution in [0.2, 0.25) is 0 Å². The maximum absolute atomic E-state index is 13.3. The molecule has 0 aliphatic carbocycles. The summed E-state index contributed by atoms with van der Waals surface area (Å²) >= 11 is 0. The van der Waals surface area contributed by atoms with E-state index in [-0.39, 0.29) is 17.4 Å². The summed E-state index contributed by atoms with van der Waals surface area (Å²) in [5.74, 6) is 0.581. The third kappa shape index (κ3) is 6.13. The van der Waals surface area contributed by atoms with Gasteiger partial charge in [0.05, 0.1) is 17.8 Å². The summed E-state index contributed by atoms with van der Waals surface area (Å²) in [7, 11) is 0. The van der Waals surface area contributed by atoms with Crippen LogP contribution in [0.4, 0.5) is 21.8 Å². The van der Waals surface area contributed by atoms with Crippen molar-refractivity contribution in [1.82, 2.24) is 24.4 Å². The van der Waals surface area contributed by atoms with E-state index in [1.807, 2.05) is 16.4 Å². The van der Waals surface area contributed by atoms with Crippen LogP contribution in [-0.4, -0.2) is 61.4 Å². The highest BCUT2D eigenvalue weighted by Crippen LogP contribution is 2.25. The second-order valence-electron chi connectivity index (χ2n) is 10.5. The predicted molar refractivity (Wildman–Crippen MR) is 161 cm³/mol. The summed E-state index contributed by atoms with van der Waals surface area (Å²) < 4.78 is 15.2. The van der Waals surface area contributed by atoms with E-state index in [0.29, 0.717) is 67.8 Å². The van der Waals surface area contributed by atoms with Crippen molar-refractivity contribution in [3.63, 3.8) is 0 Å². The minimum absolute atomic E-state index is 0.0310. The number of nitrogens with zero attached hydrogens (tertiary/aromatic N) is 7. The molecule has 0 spiro atoms. The van der Waals surface area contributed by atoms with Gasteiger partial charge in [0.2, 0.25) is 5.95 Å². The molecule has 12 heteroatoms. The van der Waals surface area contributed by atoms with Crippen molar-refractivity contribution < 1.29 is 14.1 Å². The first-order valence-electron chi connectivity index (χ1n) is 13.9. The molecule has 1 saturated heterocycles. The van der Waals surface area contributed by atoms with E-state index in [1.54, 1.807) is 23.4 Å². The SMILES string of the molecule is Cc1ccc(CNc2nc(N3CCN(C(=O)c4ccc(F)cc4)CC3)nc3c2ncn3Cc2ccc([N+](=O)[O-])cc2)cc1. The average molecular weight is 581 g/mol. The van der Waals surface area contributed by atoms with Crippen molar-refractivity contribution in [2.24, 2.45) is 0 Å². The predicted octanol–water partition coefficient (Wildman–Crippen LogP) is 4.80. The van der Waals surface area contributed by atoms with E-state index >= 15 is 0 Å². The van der Waals surface area contributed by atoms with Gasteiger partial charge in [-0.3, -0.25) is 14.9 Å². The molecule has 0 saturated carbocycles. The van der Waals surface area contributed by atoms with Crippen molar-refractivity contribution in [1.29, 1.82) is 0 Å². The first-order chi connectivity index (χ1) is 20.8. The number of carbonyl (C=O) groups is 1. The standard InChI is InChI=1S/C31H29FN8O3/c1-21-2-4-22(5-3-21)18-33-28-27-29(39(20-34-27)19-23-6-12-26(13-7-23)40(42)43)36-31(35-28)38-16-14-37(15-17-38)30(41)24-8-10-25(32)11-9-24/h2-13,20H,14-19H2,1H3,(H,33,35,36). The number of halogens is 1. The largest absolute Gasteiger partial charge is 0.364 e. The molecule has 0 atom stereocenters. The molecule has 0 radical (unpaired) electrons. The van der Waals surface area contributed by atoms with Crippen LogP contribution in [0.1, 0.15) is 27.0 Å². The number of non-ortho nitro benzene ring substituents is 1. The van der Waals surface area contributed by atoms with E-state index in [4.69, 9.17) is 9.97 Å². The molecule has 1 aliphatic rings. The maximum Gasteiger partial charge on any atom is 0.269 e. The molecular weight excluding hydrogens is 551 g/mol. The zero-order chi connectivity index (χ0) is 29.9. The number of benzene rings is 3. The van der Waals surface area contributed by atoms with Crippen LogP contribution in [0.25, 0.3) is 11.2 Å². The lowest BCUT2D eigenvalue weighted by molar-refractivity contribution is -0.384. The molecule has 3 aromatic carbocycles. The minimum Gasteiger partial charge on any atom is -0.364 e. The first-order valence-corrected chi connectivity index (χ1v) is 13.9. The molecule has 11 nitrogen and oxygen atoms in total. The number of anilines is 2. The Labute approximate surface area is 246 Å². The van der Waals surface area contributed by atoms with Crippen molar-refractivity contribution in [2.75, 3.05) is 36.4 Å². The monoisotopic (exact) mass is 580 g/mol. The zero-order valence-corrected chi connectivity index (χ0v) is 23.5. The molecule has 6 rings (SSSR count). The fraction of sp³-hybridized carbons (Fsp3) is 0.226. The van der Waals surface area contributed by atoms with Crippen molar-refractivity contribution in [3.05, 3.63) is 117 Å². The van der Waals surface area contributed by atoms with Gasteiger partial charge in [0.15, 0.2) is 17.0 Å².